The second-order valence-corrected chi connectivity index (χ2v) is 13.5. The molecule has 0 spiro atoms. The fraction of sp³-hybridized carbons (Fsp3) is 0.372. The number of aliphatic hydroxyl groups excluding tert-OH is 2. The van der Waals surface area contributed by atoms with Gasteiger partial charge in [0.1, 0.15) is 12.2 Å². The van der Waals surface area contributed by atoms with Gasteiger partial charge in [-0.2, -0.15) is 0 Å². The highest BCUT2D eigenvalue weighted by Crippen LogP contribution is 2.28. The van der Waals surface area contributed by atoms with E-state index in [2.05, 4.69) is 10.6 Å². The number of amides is 4. The third-order valence-corrected chi connectivity index (χ3v) is 9.80. The molecular formula is C43H52N4O5. The minimum atomic E-state index is -1.17. The monoisotopic (exact) mass is 704 g/mol. The first-order chi connectivity index (χ1) is 25.4. The lowest BCUT2D eigenvalue weighted by Gasteiger charge is -2.36. The van der Waals surface area contributed by atoms with Gasteiger partial charge < -0.3 is 30.6 Å². The number of carbonyl (C=O) groups excluding carboxylic acids is 3. The van der Waals surface area contributed by atoms with Crippen LogP contribution >= 0.6 is 0 Å². The number of hydrogen-bond acceptors (Lipinski definition) is 5. The van der Waals surface area contributed by atoms with Gasteiger partial charge >= 0.3 is 6.03 Å². The van der Waals surface area contributed by atoms with Crippen molar-refractivity contribution in [3.05, 3.63) is 144 Å². The van der Waals surface area contributed by atoms with Crippen molar-refractivity contribution in [3.8, 4) is 0 Å². The topological polar surface area (TPSA) is 122 Å². The van der Waals surface area contributed by atoms with E-state index in [0.717, 1.165) is 36.8 Å². The Kier molecular flexibility index (Phi) is 14.8. The SMILES string of the molecule is O=C(NCCCCCN1C(=O)N(CCCCCNC(=O)c2ccccc2)[C@H](Cc2ccccc2)[C@H](O)[C@@H](O)[C@H]1Cc1ccccc1)c1ccccc1. The average molecular weight is 705 g/mol. The summed E-state index contributed by atoms with van der Waals surface area (Å²) in [6.45, 7) is 1.86. The Morgan fingerprint density at radius 1 is 0.500 bits per heavy atom. The Balaban J connectivity index is 1.26. The standard InChI is InChI=1S/C43H52N4O5/c48-39-37(31-33-19-7-1-8-20-33)46(29-17-5-15-27-44-41(50)35-23-11-3-12-24-35)43(52)47(38(40(39)49)32-34-21-9-2-10-22-34)30-18-6-16-28-45-42(51)36-25-13-4-14-26-36/h1-4,7-14,19-26,37-40,48-49H,5-6,15-18,27-32H2,(H,44,50)(H,45,51)/t37-,38-,39+,40+/m1/s1. The largest absolute Gasteiger partial charge is 0.388 e. The van der Waals surface area contributed by atoms with E-state index in [1.165, 1.54) is 0 Å². The first kappa shape index (κ1) is 38.2. The molecule has 9 heteroatoms. The Morgan fingerprint density at radius 3 is 1.21 bits per heavy atom. The first-order valence-corrected chi connectivity index (χ1v) is 18.6. The zero-order valence-electron chi connectivity index (χ0n) is 29.9. The summed E-state index contributed by atoms with van der Waals surface area (Å²) in [7, 11) is 0. The van der Waals surface area contributed by atoms with Crippen molar-refractivity contribution in [2.45, 2.75) is 75.7 Å². The number of nitrogens with zero attached hydrogens (tertiary/aromatic N) is 2. The molecule has 4 aromatic carbocycles. The number of hydrogen-bond donors (Lipinski definition) is 4. The zero-order chi connectivity index (χ0) is 36.5. The molecule has 0 saturated carbocycles. The van der Waals surface area contributed by atoms with Gasteiger partial charge in [-0.05, 0) is 86.8 Å². The Hall–Kier alpha value is -4.99. The highest BCUT2D eigenvalue weighted by Gasteiger charge is 2.45. The first-order valence-electron chi connectivity index (χ1n) is 18.6. The Labute approximate surface area is 307 Å². The second kappa shape index (κ2) is 20.2. The summed E-state index contributed by atoms with van der Waals surface area (Å²) in [5.74, 6) is -0.219. The van der Waals surface area contributed by atoms with E-state index in [1.807, 2.05) is 97.1 Å². The number of urea groups is 1. The minimum Gasteiger partial charge on any atom is -0.388 e. The third kappa shape index (κ3) is 11.0. The molecule has 4 aromatic rings. The van der Waals surface area contributed by atoms with Gasteiger partial charge in [0.25, 0.3) is 11.8 Å². The summed E-state index contributed by atoms with van der Waals surface area (Å²) >= 11 is 0. The lowest BCUT2D eigenvalue weighted by atomic mass is 9.91. The fourth-order valence-electron chi connectivity index (χ4n) is 6.92. The highest BCUT2D eigenvalue weighted by molar-refractivity contribution is 5.94. The van der Waals surface area contributed by atoms with Crippen LogP contribution in [0, 0.1) is 0 Å². The third-order valence-electron chi connectivity index (χ3n) is 9.80. The van der Waals surface area contributed by atoms with Crippen LogP contribution in [0.4, 0.5) is 4.79 Å². The quantitative estimate of drug-likeness (QED) is 0.0967. The maximum atomic E-state index is 14.7. The van der Waals surface area contributed by atoms with E-state index in [-0.39, 0.29) is 17.8 Å². The molecular weight excluding hydrogens is 652 g/mol. The summed E-state index contributed by atoms with van der Waals surface area (Å²) in [5, 5.41) is 29.7. The molecule has 0 unspecified atom stereocenters. The Morgan fingerprint density at radius 2 is 0.846 bits per heavy atom. The fourth-order valence-corrected chi connectivity index (χ4v) is 6.92. The lowest BCUT2D eigenvalue weighted by Crippen LogP contribution is -2.51. The van der Waals surface area contributed by atoms with Crippen LogP contribution in [0.2, 0.25) is 0 Å². The van der Waals surface area contributed by atoms with Crippen molar-refractivity contribution < 1.29 is 24.6 Å². The lowest BCUT2D eigenvalue weighted by molar-refractivity contribution is -0.0396. The van der Waals surface area contributed by atoms with Gasteiger partial charge in [0, 0.05) is 37.3 Å². The molecule has 1 fully saturated rings. The number of aliphatic hydroxyl groups is 2. The molecule has 9 nitrogen and oxygen atoms in total. The maximum Gasteiger partial charge on any atom is 0.320 e. The molecule has 0 radical (unpaired) electrons. The molecule has 1 aliphatic heterocycles. The highest BCUT2D eigenvalue weighted by atomic mass is 16.3. The predicted octanol–water partition coefficient (Wildman–Crippen LogP) is 5.87. The second-order valence-electron chi connectivity index (χ2n) is 13.5. The Bertz CT molecular complexity index is 1540. The van der Waals surface area contributed by atoms with Gasteiger partial charge in [-0.3, -0.25) is 9.59 Å². The minimum absolute atomic E-state index is 0.109. The normalized spacial score (nSPS) is 18.8. The van der Waals surface area contributed by atoms with Crippen molar-refractivity contribution in [3.63, 3.8) is 0 Å². The summed E-state index contributed by atoms with van der Waals surface area (Å²) in [6, 6.07) is 36.4. The van der Waals surface area contributed by atoms with E-state index in [4.69, 9.17) is 0 Å². The van der Waals surface area contributed by atoms with E-state index in [9.17, 15) is 24.6 Å². The summed E-state index contributed by atoms with van der Waals surface area (Å²) < 4.78 is 0. The van der Waals surface area contributed by atoms with Gasteiger partial charge in [-0.15, -0.1) is 0 Å². The van der Waals surface area contributed by atoms with E-state index >= 15 is 0 Å². The summed E-state index contributed by atoms with van der Waals surface area (Å²) in [4.78, 5) is 43.2. The molecule has 1 aliphatic rings. The van der Waals surface area contributed by atoms with Gasteiger partial charge in [0.05, 0.1) is 12.1 Å². The molecule has 0 aliphatic carbocycles. The van der Waals surface area contributed by atoms with Gasteiger partial charge in [0.2, 0.25) is 0 Å². The van der Waals surface area contributed by atoms with Crippen molar-refractivity contribution in [2.24, 2.45) is 0 Å². The van der Waals surface area contributed by atoms with Crippen molar-refractivity contribution >= 4 is 17.8 Å². The van der Waals surface area contributed by atoms with E-state index in [1.54, 1.807) is 34.1 Å². The molecule has 4 N–H and O–H groups in total. The van der Waals surface area contributed by atoms with Gasteiger partial charge in [-0.25, -0.2) is 4.79 Å². The van der Waals surface area contributed by atoms with Gasteiger partial charge in [-0.1, -0.05) is 97.1 Å². The molecule has 0 bridgehead atoms. The molecule has 52 heavy (non-hydrogen) atoms. The van der Waals surface area contributed by atoms with Crippen LogP contribution in [0.5, 0.6) is 0 Å². The smallest absolute Gasteiger partial charge is 0.320 e. The number of unbranched alkanes of at least 4 members (excludes halogenated alkanes) is 4. The van der Waals surface area contributed by atoms with Gasteiger partial charge in [0.15, 0.2) is 0 Å². The van der Waals surface area contributed by atoms with E-state index in [0.29, 0.717) is 63.0 Å². The van der Waals surface area contributed by atoms with Crippen LogP contribution in [-0.2, 0) is 12.8 Å². The maximum absolute atomic E-state index is 14.7. The molecule has 4 amide bonds. The molecule has 4 atom stereocenters. The number of carbonyl (C=O) groups is 3. The van der Waals surface area contributed by atoms with Crippen LogP contribution in [0.15, 0.2) is 121 Å². The van der Waals surface area contributed by atoms with Crippen molar-refractivity contribution in [2.75, 3.05) is 26.2 Å². The summed E-state index contributed by atoms with van der Waals surface area (Å²) in [6.07, 6.45) is 2.89. The number of nitrogens with one attached hydrogen (secondary N) is 2. The molecule has 0 aromatic heterocycles. The molecule has 1 saturated heterocycles. The average Bonchev–Trinajstić information content (AvgIpc) is 3.25. The number of benzene rings is 4. The van der Waals surface area contributed by atoms with Crippen LogP contribution in [0.25, 0.3) is 0 Å². The van der Waals surface area contributed by atoms with Crippen molar-refractivity contribution in [1.82, 2.24) is 20.4 Å². The number of rotatable bonds is 18. The zero-order valence-corrected chi connectivity index (χ0v) is 29.9. The van der Waals surface area contributed by atoms with E-state index < -0.39 is 24.3 Å². The van der Waals surface area contributed by atoms with Crippen LogP contribution in [-0.4, -0.2) is 88.3 Å². The van der Waals surface area contributed by atoms with Crippen LogP contribution in [0.3, 0.4) is 0 Å². The van der Waals surface area contributed by atoms with Crippen molar-refractivity contribution in [1.29, 1.82) is 0 Å². The van der Waals surface area contributed by atoms with Crippen LogP contribution < -0.4 is 10.6 Å². The summed E-state index contributed by atoms with van der Waals surface area (Å²) in [5.41, 5.74) is 3.20. The molecule has 1 heterocycles. The molecule has 274 valence electrons. The molecule has 5 rings (SSSR count). The van der Waals surface area contributed by atoms with Crippen LogP contribution in [0.1, 0.15) is 70.4 Å². The predicted molar refractivity (Wildman–Crippen MR) is 204 cm³/mol.